The average Bonchev–Trinajstić information content (AvgIpc) is 2.94. The molecule has 3 aromatic rings. The molecule has 2 atom stereocenters. The van der Waals surface area contributed by atoms with E-state index in [1.807, 2.05) is 37.3 Å². The number of halogens is 3. The van der Waals surface area contributed by atoms with Crippen LogP contribution in [0.25, 0.3) is 10.9 Å². The first-order chi connectivity index (χ1) is 19.1. The Bertz CT molecular complexity index is 1380. The van der Waals surface area contributed by atoms with E-state index in [2.05, 4.69) is 9.82 Å². The van der Waals surface area contributed by atoms with E-state index in [4.69, 9.17) is 14.7 Å². The number of carbonyl (C=O) groups excluding carboxylic acids is 3. The van der Waals surface area contributed by atoms with Crippen molar-refractivity contribution in [2.75, 3.05) is 6.61 Å². The number of hydrogen-bond donors (Lipinski definition) is 2. The number of fused-ring (bicyclic) bond motifs is 1. The van der Waals surface area contributed by atoms with Gasteiger partial charge < -0.3 is 14.3 Å². The maximum atomic E-state index is 13.3. The van der Waals surface area contributed by atoms with Gasteiger partial charge in [0.2, 0.25) is 5.91 Å². The molecule has 40 heavy (non-hydrogen) atoms. The van der Waals surface area contributed by atoms with Crippen LogP contribution in [0.15, 0.2) is 54.6 Å². The molecular weight excluding hydrogens is 535 g/mol. The Morgan fingerprint density at radius 2 is 1.88 bits per heavy atom. The number of pyridine rings is 1. The van der Waals surface area contributed by atoms with Gasteiger partial charge in [0.25, 0.3) is 5.91 Å². The van der Waals surface area contributed by atoms with Crippen LogP contribution in [0.2, 0.25) is 0 Å². The number of ether oxygens (including phenoxy) is 2. The largest absolute Gasteiger partial charge is 0.493 e. The fourth-order valence-electron chi connectivity index (χ4n) is 4.41. The molecule has 2 heterocycles. The minimum absolute atomic E-state index is 0.0841. The second kappa shape index (κ2) is 12.3. The summed E-state index contributed by atoms with van der Waals surface area (Å²) in [4.78, 5) is 45.7. The summed E-state index contributed by atoms with van der Waals surface area (Å²) >= 11 is 0. The number of aromatic nitrogens is 1. The molecule has 1 fully saturated rings. The SMILES string of the molecule is Cc1cc(COc2ccc(C(=O)N(OC(=O)C(F)(F)F)[C@@H]3CCCO[C@@H]3CC(=O)NO)cc2)c2ccccc2n1. The number of carbonyl (C=O) groups is 3. The molecule has 1 aliphatic rings. The topological polar surface area (TPSA) is 127 Å². The van der Waals surface area contributed by atoms with Crippen LogP contribution in [-0.2, 0) is 25.8 Å². The number of nitrogens with one attached hydrogen (secondary N) is 1. The van der Waals surface area contributed by atoms with Crippen molar-refractivity contribution >= 4 is 28.7 Å². The van der Waals surface area contributed by atoms with Crippen molar-refractivity contribution in [1.29, 1.82) is 0 Å². The summed E-state index contributed by atoms with van der Waals surface area (Å²) in [6.07, 6.45) is -6.58. The van der Waals surface area contributed by atoms with Crippen molar-refractivity contribution in [2.45, 2.75) is 51.1 Å². The van der Waals surface area contributed by atoms with E-state index in [1.54, 1.807) is 0 Å². The molecule has 1 aromatic heterocycles. The summed E-state index contributed by atoms with van der Waals surface area (Å²) in [6.45, 7) is 2.22. The van der Waals surface area contributed by atoms with Crippen molar-refractivity contribution in [1.82, 2.24) is 15.5 Å². The quantitative estimate of drug-likeness (QED) is 0.327. The molecule has 1 aliphatic heterocycles. The second-order valence-corrected chi connectivity index (χ2v) is 9.12. The normalized spacial score (nSPS) is 17.2. The number of hydrogen-bond acceptors (Lipinski definition) is 8. The van der Waals surface area contributed by atoms with Gasteiger partial charge in [-0.25, -0.2) is 10.3 Å². The van der Waals surface area contributed by atoms with Crippen molar-refractivity contribution < 1.29 is 47.1 Å². The smallest absolute Gasteiger partial charge is 0.489 e. The van der Waals surface area contributed by atoms with Gasteiger partial charge in [0.15, 0.2) is 0 Å². The van der Waals surface area contributed by atoms with E-state index in [0.29, 0.717) is 17.2 Å². The van der Waals surface area contributed by atoms with Crippen molar-refractivity contribution in [3.05, 3.63) is 71.4 Å². The van der Waals surface area contributed by atoms with E-state index in [1.165, 1.54) is 29.7 Å². The lowest BCUT2D eigenvalue weighted by molar-refractivity contribution is -0.243. The molecular formula is C27H26F3N3O7. The predicted octanol–water partition coefficient (Wildman–Crippen LogP) is 4.03. The Morgan fingerprint density at radius 3 is 2.58 bits per heavy atom. The van der Waals surface area contributed by atoms with Crippen molar-refractivity contribution in [3.8, 4) is 5.75 Å². The maximum Gasteiger partial charge on any atom is 0.493 e. The van der Waals surface area contributed by atoms with Crippen molar-refractivity contribution in [2.24, 2.45) is 0 Å². The molecule has 2 amide bonds. The molecule has 13 heteroatoms. The van der Waals surface area contributed by atoms with Crippen LogP contribution in [0.4, 0.5) is 13.2 Å². The van der Waals surface area contributed by atoms with Crippen LogP contribution < -0.4 is 10.2 Å². The molecule has 1 saturated heterocycles. The summed E-state index contributed by atoms with van der Waals surface area (Å²) in [5.41, 5.74) is 3.84. The van der Waals surface area contributed by atoms with Crippen LogP contribution in [-0.4, -0.2) is 58.0 Å². The molecule has 0 bridgehead atoms. The Hall–Kier alpha value is -4.23. The highest BCUT2D eigenvalue weighted by Crippen LogP contribution is 2.28. The fourth-order valence-corrected chi connectivity index (χ4v) is 4.41. The number of aryl methyl sites for hydroxylation is 1. The van der Waals surface area contributed by atoms with Gasteiger partial charge in [0, 0.05) is 28.8 Å². The van der Waals surface area contributed by atoms with Gasteiger partial charge in [-0.3, -0.25) is 19.8 Å². The Balaban J connectivity index is 1.54. The number of alkyl halides is 3. The highest BCUT2D eigenvalue weighted by molar-refractivity contribution is 5.95. The summed E-state index contributed by atoms with van der Waals surface area (Å²) < 4.78 is 50.5. The van der Waals surface area contributed by atoms with Gasteiger partial charge in [-0.15, -0.1) is 0 Å². The lowest BCUT2D eigenvalue weighted by Gasteiger charge is -2.37. The van der Waals surface area contributed by atoms with Gasteiger partial charge in [-0.1, -0.05) is 18.2 Å². The zero-order chi connectivity index (χ0) is 28.9. The minimum Gasteiger partial charge on any atom is -0.489 e. The first kappa shape index (κ1) is 28.8. The lowest BCUT2D eigenvalue weighted by atomic mass is 9.98. The first-order valence-electron chi connectivity index (χ1n) is 12.3. The van der Waals surface area contributed by atoms with Gasteiger partial charge in [-0.05, 0) is 56.2 Å². The van der Waals surface area contributed by atoms with Crippen LogP contribution in [0, 0.1) is 6.92 Å². The highest BCUT2D eigenvalue weighted by atomic mass is 19.4. The molecule has 10 nitrogen and oxygen atoms in total. The third kappa shape index (κ3) is 6.85. The van der Waals surface area contributed by atoms with E-state index in [-0.39, 0.29) is 25.2 Å². The third-order valence-electron chi connectivity index (χ3n) is 6.26. The molecule has 0 spiro atoms. The number of rotatable bonds is 7. The van der Waals surface area contributed by atoms with Gasteiger partial charge in [0.1, 0.15) is 12.4 Å². The molecule has 2 N–H and O–H groups in total. The van der Waals surface area contributed by atoms with Gasteiger partial charge in [0.05, 0.1) is 24.1 Å². The van der Waals surface area contributed by atoms with Crippen LogP contribution in [0.1, 0.15) is 40.9 Å². The zero-order valence-electron chi connectivity index (χ0n) is 21.3. The predicted molar refractivity (Wildman–Crippen MR) is 133 cm³/mol. The number of benzene rings is 2. The number of para-hydroxylation sites is 1. The van der Waals surface area contributed by atoms with Crippen LogP contribution in [0.5, 0.6) is 5.75 Å². The standard InChI is InChI=1S/C27H26F3N3O7/c1-16-13-18(20-5-2-3-6-21(20)31-16)15-39-19-10-8-17(9-11-19)25(35)33(40-26(36)27(28,29)30)22-7-4-12-38-23(22)14-24(34)32-37/h2-3,5-6,8-11,13,22-23,37H,4,7,12,14-15H2,1H3,(H,32,34)/t22-,23-/m1/s1. The number of hydroxylamine groups is 3. The Labute approximate surface area is 226 Å². The van der Waals surface area contributed by atoms with Crippen LogP contribution >= 0.6 is 0 Å². The second-order valence-electron chi connectivity index (χ2n) is 9.12. The summed E-state index contributed by atoms with van der Waals surface area (Å²) in [7, 11) is 0. The van der Waals surface area contributed by atoms with Crippen LogP contribution in [0.3, 0.4) is 0 Å². The highest BCUT2D eigenvalue weighted by Gasteiger charge is 2.46. The Morgan fingerprint density at radius 1 is 1.15 bits per heavy atom. The zero-order valence-corrected chi connectivity index (χ0v) is 21.3. The molecule has 0 saturated carbocycles. The minimum atomic E-state index is -5.38. The lowest BCUT2D eigenvalue weighted by Crippen LogP contribution is -2.53. The molecule has 4 rings (SSSR count). The summed E-state index contributed by atoms with van der Waals surface area (Å²) in [6, 6.07) is 13.8. The molecule has 0 unspecified atom stereocenters. The average molecular weight is 562 g/mol. The fraction of sp³-hybridized carbons (Fsp3) is 0.333. The van der Waals surface area contributed by atoms with E-state index < -0.39 is 42.5 Å². The third-order valence-corrected chi connectivity index (χ3v) is 6.26. The molecule has 0 radical (unpaired) electrons. The molecule has 212 valence electrons. The molecule has 2 aromatic carbocycles. The van der Waals surface area contributed by atoms with Gasteiger partial charge in [-0.2, -0.15) is 18.2 Å². The van der Waals surface area contributed by atoms with E-state index >= 15 is 0 Å². The molecule has 0 aliphatic carbocycles. The first-order valence-corrected chi connectivity index (χ1v) is 12.3. The summed E-state index contributed by atoms with van der Waals surface area (Å²) in [5, 5.41) is 10.1. The van der Waals surface area contributed by atoms with E-state index in [9.17, 15) is 27.6 Å². The maximum absolute atomic E-state index is 13.3. The number of amides is 2. The van der Waals surface area contributed by atoms with Crippen molar-refractivity contribution in [3.63, 3.8) is 0 Å². The Kier molecular flexibility index (Phi) is 8.85. The monoisotopic (exact) mass is 561 g/mol. The van der Waals surface area contributed by atoms with Gasteiger partial charge >= 0.3 is 12.1 Å². The number of nitrogens with zero attached hydrogens (tertiary/aromatic N) is 2. The summed E-state index contributed by atoms with van der Waals surface area (Å²) in [5.74, 6) is -4.15. The van der Waals surface area contributed by atoms with E-state index in [0.717, 1.165) is 22.2 Å².